The van der Waals surface area contributed by atoms with Crippen LogP contribution >= 0.6 is 0 Å². The van der Waals surface area contributed by atoms with Crippen molar-refractivity contribution in [3.05, 3.63) is 58.7 Å². The second kappa shape index (κ2) is 41.7. The van der Waals surface area contributed by atoms with Crippen LogP contribution < -0.4 is 0 Å². The van der Waals surface area contributed by atoms with Gasteiger partial charge in [0.05, 0.1) is 61.0 Å². The molecule has 8 rings (SSSR count). The Morgan fingerprint density at radius 2 is 0.795 bits per heavy atom. The number of hydrogen-bond donors (Lipinski definition) is 6. The lowest BCUT2D eigenvalue weighted by molar-refractivity contribution is -0.302. The number of esters is 2. The molecule has 26 heteroatoms. The number of aliphatic hydroxyl groups excluding tert-OH is 4. The second-order valence-corrected chi connectivity index (χ2v) is 34.4. The lowest BCUT2D eigenvalue weighted by Gasteiger charge is -2.47. The Labute approximate surface area is 663 Å². The minimum Gasteiger partial charge on any atom is -0.456 e. The largest absolute Gasteiger partial charge is 0.456 e. The summed E-state index contributed by atoms with van der Waals surface area (Å²) in [5.41, 5.74) is 2.73. The molecule has 6 N–H and O–H groups in total. The van der Waals surface area contributed by atoms with Gasteiger partial charge in [-0.05, 0) is 191 Å². The van der Waals surface area contributed by atoms with E-state index in [1.54, 1.807) is 41.5 Å². The molecule has 6 aliphatic heterocycles. The molecule has 6 heterocycles. The summed E-state index contributed by atoms with van der Waals surface area (Å²) in [6.45, 7) is 17.9. The number of ketones is 4. The highest BCUT2D eigenvalue weighted by Gasteiger charge is 2.59. The standard InChI is InChI=1S/C86H134N2O24/c1-47-33-49(3)37-71(105-13)77-73(107-15)41-53(7)85(101,111-77)79(95)81(97)87-31-21-19-25-61(87)83(99)109-75(51(5)39-57-27-29-63(89)69(43-57)103-11)55(9)65(91)45-67(93)59(35-47)23-17-18-24-60-36-48(2)34-50(4)38-72(106-14)78-74(108-16)42-54(8)86(102,112-78)80(96)82(98)88-32-22-20-26-62(88)84(100)110-76(56(10)66(92)46-68(60)94)52(6)40-58-28-30-64(90)70(44-58)104-12/h17-18,35-36,39-40,49-50,53-66,69-78,89-92,101-102H,19-34,37-38,41-46H2,1-16H3/b18-17-,47-35+,48-36+,51-39+,52-40+/t49-,50-,53+,54+,55+,56+,57-,58-,59+,60+,61-,62?,63+,64+,65-,66-,69+,70+,71-,72-,73-,74-,75+,76+,77+,78+,85+,86+/m0/s1. The van der Waals surface area contributed by atoms with Crippen LogP contribution in [0.1, 0.15) is 210 Å². The van der Waals surface area contributed by atoms with Gasteiger partial charge >= 0.3 is 11.9 Å². The Kier molecular flexibility index (Phi) is 34.3. The third kappa shape index (κ3) is 22.5. The molecule has 0 radical (unpaired) electrons. The number of methoxy groups -OCH3 is 6. The minimum absolute atomic E-state index is 0.000702. The van der Waals surface area contributed by atoms with E-state index < -0.39 is 180 Å². The predicted molar refractivity (Wildman–Crippen MR) is 414 cm³/mol. The summed E-state index contributed by atoms with van der Waals surface area (Å²) in [5.74, 6) is -18.4. The maximum absolute atomic E-state index is 15.3. The fraction of sp³-hybridized carbons (Fsp3) is 0.791. The van der Waals surface area contributed by atoms with Crippen LogP contribution in [0.5, 0.6) is 0 Å². The number of piperidine rings is 2. The monoisotopic (exact) mass is 1580 g/mol. The number of nitrogens with zero attached hydrogens (tertiary/aromatic N) is 2. The highest BCUT2D eigenvalue weighted by molar-refractivity contribution is 6.39. The molecule has 4 bridgehead atoms. The summed E-state index contributed by atoms with van der Waals surface area (Å²) in [4.78, 5) is 122. The average molecular weight is 1580 g/mol. The molecular weight excluding hydrogens is 1440 g/mol. The van der Waals surface area contributed by atoms with E-state index in [0.717, 1.165) is 20.9 Å². The van der Waals surface area contributed by atoms with Gasteiger partial charge in [0.25, 0.3) is 23.4 Å². The summed E-state index contributed by atoms with van der Waals surface area (Å²) in [6, 6.07) is -2.54. The van der Waals surface area contributed by atoms with Gasteiger partial charge in [-0.1, -0.05) is 89.1 Å². The zero-order valence-electron chi connectivity index (χ0n) is 69.4. The Morgan fingerprint density at radius 3 is 1.13 bits per heavy atom. The molecule has 4 saturated heterocycles. The van der Waals surface area contributed by atoms with E-state index in [1.165, 1.54) is 42.7 Å². The Bertz CT molecular complexity index is 3160. The number of carbonyl (C=O) groups is 8. The average Bonchev–Trinajstić information content (AvgIpc) is 0.788. The Balaban J connectivity index is 1.16. The van der Waals surface area contributed by atoms with Crippen LogP contribution in [0.25, 0.3) is 0 Å². The molecular formula is C86H134N2O24. The van der Waals surface area contributed by atoms with Crippen LogP contribution in [0.4, 0.5) is 0 Å². The van der Waals surface area contributed by atoms with Gasteiger partial charge < -0.3 is 87.8 Å². The third-order valence-corrected chi connectivity index (χ3v) is 25.9. The van der Waals surface area contributed by atoms with Crippen molar-refractivity contribution in [2.75, 3.05) is 55.7 Å². The molecule has 6 fully saturated rings. The Morgan fingerprint density at radius 1 is 0.455 bits per heavy atom. The van der Waals surface area contributed by atoms with Crippen molar-refractivity contribution in [3.63, 3.8) is 0 Å². The van der Waals surface area contributed by atoms with E-state index in [-0.39, 0.29) is 99.7 Å². The summed E-state index contributed by atoms with van der Waals surface area (Å²) in [6.07, 6.45) is 5.17. The smallest absolute Gasteiger partial charge is 0.329 e. The van der Waals surface area contributed by atoms with Crippen LogP contribution in [0.2, 0.25) is 0 Å². The molecule has 0 aromatic heterocycles. The number of carbonyl (C=O) groups excluding carboxylic acids is 8. The molecule has 2 aliphatic carbocycles. The maximum atomic E-state index is 15.3. The van der Waals surface area contributed by atoms with E-state index in [9.17, 15) is 59.4 Å². The number of aliphatic hydroxyl groups is 6. The topological polar surface area (TPSA) is 357 Å². The van der Waals surface area contributed by atoms with E-state index >= 15 is 9.59 Å². The molecule has 2 amide bonds. The first-order valence-electron chi connectivity index (χ1n) is 41.3. The summed E-state index contributed by atoms with van der Waals surface area (Å²) < 4.78 is 61.2. The molecule has 0 spiro atoms. The third-order valence-electron chi connectivity index (χ3n) is 25.9. The number of fused-ring (bicyclic) bond motifs is 6. The van der Waals surface area contributed by atoms with E-state index in [4.69, 9.17) is 47.4 Å². The van der Waals surface area contributed by atoms with Crippen molar-refractivity contribution in [1.82, 2.24) is 9.80 Å². The first-order valence-corrected chi connectivity index (χ1v) is 41.3. The zero-order chi connectivity index (χ0) is 82.4. The van der Waals surface area contributed by atoms with Gasteiger partial charge in [0.2, 0.25) is 11.6 Å². The van der Waals surface area contributed by atoms with Gasteiger partial charge in [0.1, 0.15) is 48.1 Å². The SMILES string of the molecule is CO[C@H]1C[C@@H](C)C/C(C)=C/[C@@H](C/C=C\C[C@@H]2/C=C(\C)C[C@H](C)C[C@H](OC)[C@H]3O[C@@](O)(C(=O)C(=O)N4CCCC[C@H]4C(=O)O[C@H](/C(C)=C/[C@@H]4CC[C@@H](O)[C@H](OC)C4)[C@H](C)[C@@H](O)CC2=O)[C@H](C)C[C@@H]3OC)C(=O)C[C@H](O)[C@@H](C)[C@@H](/C(C)=C/[C@@H]2CC[C@@H](O)[C@H](OC)C2)OC(=O)C2CCCCN2C(=O)C(=O)[C@]2(O)O[C@H]1[C@@H](OC)C[C@H]2C. The zero-order valence-corrected chi connectivity index (χ0v) is 69.4. The van der Waals surface area contributed by atoms with Gasteiger partial charge in [0, 0.05) is 104 Å². The van der Waals surface area contributed by atoms with Crippen molar-refractivity contribution < 1.29 is 116 Å². The first-order chi connectivity index (χ1) is 53.1. The van der Waals surface area contributed by atoms with Crippen molar-refractivity contribution in [2.45, 2.75) is 320 Å². The van der Waals surface area contributed by atoms with Crippen LogP contribution in [0.15, 0.2) is 58.7 Å². The van der Waals surface area contributed by atoms with Crippen molar-refractivity contribution in [3.8, 4) is 0 Å². The lowest BCUT2D eigenvalue weighted by atomic mass is 9.81. The summed E-state index contributed by atoms with van der Waals surface area (Å²) in [5, 5.41) is 71.5. The number of rotatable bonds is 14. The van der Waals surface area contributed by atoms with Gasteiger partial charge in [0.15, 0.2) is 0 Å². The molecule has 0 aromatic carbocycles. The molecule has 112 heavy (non-hydrogen) atoms. The number of allylic oxidation sites excluding steroid dienone is 8. The quantitative estimate of drug-likeness (QED) is 0.0539. The van der Waals surface area contributed by atoms with Gasteiger partial charge in [-0.2, -0.15) is 0 Å². The van der Waals surface area contributed by atoms with Gasteiger partial charge in [-0.15, -0.1) is 0 Å². The molecule has 26 nitrogen and oxygen atoms in total. The van der Waals surface area contributed by atoms with Gasteiger partial charge in [-0.3, -0.25) is 28.8 Å². The Hall–Kier alpha value is -5.30. The fourth-order valence-corrected chi connectivity index (χ4v) is 19.0. The minimum atomic E-state index is -2.63. The van der Waals surface area contributed by atoms with Crippen LogP contribution in [0, 0.1) is 59.2 Å². The van der Waals surface area contributed by atoms with E-state index in [0.29, 0.717) is 101 Å². The van der Waals surface area contributed by atoms with E-state index in [2.05, 4.69) is 0 Å². The number of hydrogen-bond acceptors (Lipinski definition) is 24. The molecule has 2 saturated carbocycles. The predicted octanol–water partition coefficient (Wildman–Crippen LogP) is 8.48. The van der Waals surface area contributed by atoms with Crippen molar-refractivity contribution >= 4 is 46.9 Å². The van der Waals surface area contributed by atoms with Crippen LogP contribution in [-0.2, 0) is 85.7 Å². The maximum Gasteiger partial charge on any atom is 0.329 e. The van der Waals surface area contributed by atoms with Gasteiger partial charge in [-0.25, -0.2) is 9.59 Å². The first kappa shape index (κ1) is 92.2. The second-order valence-electron chi connectivity index (χ2n) is 34.4. The normalized spacial score (nSPS) is 41.8. The van der Waals surface area contributed by atoms with Crippen LogP contribution in [-0.4, -0.2) is 252 Å². The van der Waals surface area contributed by atoms with Crippen molar-refractivity contribution in [1.29, 1.82) is 0 Å². The number of amides is 2. The number of cyclic esters (lactones) is 2. The highest BCUT2D eigenvalue weighted by Crippen LogP contribution is 2.43. The van der Waals surface area contributed by atoms with Crippen molar-refractivity contribution in [2.24, 2.45) is 59.2 Å². The fourth-order valence-electron chi connectivity index (χ4n) is 19.0. The van der Waals surface area contributed by atoms with Crippen LogP contribution in [0.3, 0.4) is 0 Å². The summed E-state index contributed by atoms with van der Waals surface area (Å²) >= 11 is 0. The molecule has 632 valence electrons. The molecule has 1 unspecified atom stereocenters. The molecule has 0 aromatic rings. The molecule has 28 atom stereocenters. The molecule has 8 aliphatic rings. The lowest BCUT2D eigenvalue weighted by Crippen LogP contribution is -2.64. The number of Topliss-reactive ketones (excluding diaryl/α,β-unsaturated/α-hetero) is 4. The highest BCUT2D eigenvalue weighted by atomic mass is 16.7. The summed E-state index contributed by atoms with van der Waals surface area (Å²) in [7, 11) is 9.04. The number of ether oxygens (including phenoxy) is 10. The van der Waals surface area contributed by atoms with E-state index in [1.807, 2.05) is 64.2 Å².